The molecule has 192 valence electrons. The summed E-state index contributed by atoms with van der Waals surface area (Å²) in [6.45, 7) is 6.75. The molecule has 1 unspecified atom stereocenters. The van der Waals surface area contributed by atoms with E-state index in [1.807, 2.05) is 43.7 Å². The van der Waals surface area contributed by atoms with Gasteiger partial charge in [0, 0.05) is 49.5 Å². The predicted octanol–water partition coefficient (Wildman–Crippen LogP) is 7.48. The SMILES string of the molecule is CC(C)(C)OC(=O)N1CCCC1Cn1cc(C(=O)CCC2CCC(F)(F)CC2)c2c(Cl)cccc21. The second kappa shape index (κ2) is 10.1. The van der Waals surface area contributed by atoms with Crippen LogP contribution in [0.1, 0.15) is 82.5 Å². The van der Waals surface area contributed by atoms with Crippen LogP contribution in [0, 0.1) is 5.92 Å². The second-order valence-electron chi connectivity index (χ2n) is 11.1. The van der Waals surface area contributed by atoms with Crippen molar-refractivity contribution in [1.82, 2.24) is 9.47 Å². The van der Waals surface area contributed by atoms with Crippen LogP contribution >= 0.6 is 11.6 Å². The highest BCUT2D eigenvalue weighted by Gasteiger charge is 2.35. The van der Waals surface area contributed by atoms with E-state index >= 15 is 0 Å². The quantitative estimate of drug-likeness (QED) is 0.380. The molecule has 4 rings (SSSR count). The van der Waals surface area contributed by atoms with Crippen molar-refractivity contribution >= 4 is 34.4 Å². The van der Waals surface area contributed by atoms with Crippen molar-refractivity contribution in [1.29, 1.82) is 0 Å². The minimum atomic E-state index is -2.56. The maximum Gasteiger partial charge on any atom is 0.410 e. The summed E-state index contributed by atoms with van der Waals surface area (Å²) >= 11 is 6.53. The number of Topliss-reactive ketones (excluding diaryl/α,β-unsaturated/α-hetero) is 1. The highest BCUT2D eigenvalue weighted by molar-refractivity contribution is 6.37. The fraction of sp³-hybridized carbons (Fsp3) is 0.630. The molecule has 8 heteroatoms. The molecule has 1 aromatic carbocycles. The molecule has 0 N–H and O–H groups in total. The Labute approximate surface area is 210 Å². The van der Waals surface area contributed by atoms with Gasteiger partial charge in [0.2, 0.25) is 5.92 Å². The van der Waals surface area contributed by atoms with Gasteiger partial charge in [-0.05, 0) is 70.9 Å². The zero-order valence-electron chi connectivity index (χ0n) is 20.8. The van der Waals surface area contributed by atoms with E-state index in [1.165, 1.54) is 0 Å². The lowest BCUT2D eigenvalue weighted by Crippen LogP contribution is -2.41. The zero-order valence-corrected chi connectivity index (χ0v) is 21.5. The lowest BCUT2D eigenvalue weighted by Gasteiger charge is -2.29. The molecule has 1 atom stereocenters. The molecular weight excluding hydrogens is 474 g/mol. The number of rotatable bonds is 6. The molecule has 0 spiro atoms. The summed E-state index contributed by atoms with van der Waals surface area (Å²) in [4.78, 5) is 27.8. The van der Waals surface area contributed by atoms with Crippen molar-refractivity contribution in [2.75, 3.05) is 6.54 Å². The van der Waals surface area contributed by atoms with E-state index in [4.69, 9.17) is 16.3 Å². The van der Waals surface area contributed by atoms with Crippen LogP contribution in [0.15, 0.2) is 24.4 Å². The number of aromatic nitrogens is 1. The van der Waals surface area contributed by atoms with Crippen LogP contribution in [0.3, 0.4) is 0 Å². The molecule has 1 aliphatic carbocycles. The molecule has 0 bridgehead atoms. The normalized spacial score (nSPS) is 21.0. The second-order valence-corrected chi connectivity index (χ2v) is 11.5. The molecule has 35 heavy (non-hydrogen) atoms. The Bertz CT molecular complexity index is 1080. The van der Waals surface area contributed by atoms with E-state index in [9.17, 15) is 18.4 Å². The highest BCUT2D eigenvalue weighted by Crippen LogP contribution is 2.38. The third-order valence-corrected chi connectivity index (χ3v) is 7.50. The van der Waals surface area contributed by atoms with Crippen molar-refractivity contribution < 1.29 is 23.1 Å². The molecule has 1 aromatic heterocycles. The Hall–Kier alpha value is -2.15. The number of alkyl halides is 2. The minimum absolute atomic E-state index is 0.0189. The largest absolute Gasteiger partial charge is 0.444 e. The monoisotopic (exact) mass is 508 g/mol. The minimum Gasteiger partial charge on any atom is -0.444 e. The average molecular weight is 509 g/mol. The van der Waals surface area contributed by atoms with Gasteiger partial charge < -0.3 is 14.2 Å². The molecule has 2 aromatic rings. The number of halogens is 3. The van der Waals surface area contributed by atoms with Crippen LogP contribution in [0.5, 0.6) is 0 Å². The molecule has 2 aliphatic rings. The van der Waals surface area contributed by atoms with E-state index < -0.39 is 11.5 Å². The van der Waals surface area contributed by atoms with Crippen LogP contribution in [0.25, 0.3) is 10.9 Å². The number of hydrogen-bond acceptors (Lipinski definition) is 3. The summed E-state index contributed by atoms with van der Waals surface area (Å²) in [5.74, 6) is -2.42. The van der Waals surface area contributed by atoms with Crippen molar-refractivity contribution in [3.63, 3.8) is 0 Å². The summed E-state index contributed by atoms with van der Waals surface area (Å²) in [6, 6.07) is 5.54. The first kappa shape index (κ1) is 25.9. The van der Waals surface area contributed by atoms with Gasteiger partial charge in [0.1, 0.15) is 5.60 Å². The first-order valence-corrected chi connectivity index (χ1v) is 13.0. The van der Waals surface area contributed by atoms with Gasteiger partial charge in [0.25, 0.3) is 0 Å². The van der Waals surface area contributed by atoms with Crippen LogP contribution in [0.4, 0.5) is 13.6 Å². The molecule has 1 aliphatic heterocycles. The number of ether oxygens (including phenoxy) is 1. The molecule has 2 heterocycles. The van der Waals surface area contributed by atoms with Gasteiger partial charge >= 0.3 is 6.09 Å². The van der Waals surface area contributed by atoms with E-state index in [0.29, 0.717) is 49.4 Å². The maximum atomic E-state index is 13.5. The summed E-state index contributed by atoms with van der Waals surface area (Å²) in [5.41, 5.74) is 0.855. The van der Waals surface area contributed by atoms with Gasteiger partial charge in [-0.15, -0.1) is 0 Å². The number of benzene rings is 1. The van der Waals surface area contributed by atoms with Crippen LogP contribution in [-0.4, -0.2) is 45.5 Å². The molecule has 0 radical (unpaired) electrons. The third-order valence-electron chi connectivity index (χ3n) is 7.18. The van der Waals surface area contributed by atoms with Gasteiger partial charge in [0.15, 0.2) is 5.78 Å². The number of carbonyl (C=O) groups is 2. The first-order chi connectivity index (χ1) is 16.4. The Morgan fingerprint density at radius 3 is 2.57 bits per heavy atom. The number of ketones is 1. The topological polar surface area (TPSA) is 51.5 Å². The number of hydrogen-bond donors (Lipinski definition) is 0. The van der Waals surface area contributed by atoms with Gasteiger partial charge in [0.05, 0.1) is 16.6 Å². The summed E-state index contributed by atoms with van der Waals surface area (Å²) in [5, 5.41) is 1.23. The first-order valence-electron chi connectivity index (χ1n) is 12.6. The van der Waals surface area contributed by atoms with Crippen molar-refractivity contribution in [2.24, 2.45) is 5.92 Å². The molecule has 2 fully saturated rings. The molecule has 1 saturated heterocycles. The van der Waals surface area contributed by atoms with E-state index in [-0.39, 0.29) is 36.7 Å². The average Bonchev–Trinajstić information content (AvgIpc) is 3.38. The van der Waals surface area contributed by atoms with Gasteiger partial charge in [-0.2, -0.15) is 0 Å². The van der Waals surface area contributed by atoms with Crippen LogP contribution in [0.2, 0.25) is 5.02 Å². The Morgan fingerprint density at radius 1 is 1.17 bits per heavy atom. The van der Waals surface area contributed by atoms with Crippen molar-refractivity contribution in [3.05, 3.63) is 35.0 Å². The van der Waals surface area contributed by atoms with Gasteiger partial charge in [-0.1, -0.05) is 17.7 Å². The highest BCUT2D eigenvalue weighted by atomic mass is 35.5. The summed E-state index contributed by atoms with van der Waals surface area (Å²) < 4.78 is 34.6. The van der Waals surface area contributed by atoms with Gasteiger partial charge in [-0.25, -0.2) is 13.6 Å². The van der Waals surface area contributed by atoms with E-state index in [2.05, 4.69) is 0 Å². The maximum absolute atomic E-state index is 13.5. The van der Waals surface area contributed by atoms with Gasteiger partial charge in [-0.3, -0.25) is 4.79 Å². The van der Waals surface area contributed by atoms with Crippen LogP contribution < -0.4 is 0 Å². The number of carbonyl (C=O) groups excluding carboxylic acids is 2. The Balaban J connectivity index is 1.51. The summed E-state index contributed by atoms with van der Waals surface area (Å²) in [6.07, 6.45) is 4.96. The van der Waals surface area contributed by atoms with E-state index in [1.54, 1.807) is 11.0 Å². The molecular formula is C27H35ClF2N2O3. The predicted molar refractivity (Wildman–Crippen MR) is 133 cm³/mol. The Morgan fingerprint density at radius 2 is 1.89 bits per heavy atom. The number of nitrogens with zero attached hydrogens (tertiary/aromatic N) is 2. The number of fused-ring (bicyclic) bond motifs is 1. The fourth-order valence-corrected chi connectivity index (χ4v) is 5.61. The molecule has 1 amide bonds. The lowest BCUT2D eigenvalue weighted by molar-refractivity contribution is -0.0464. The Kier molecular flexibility index (Phi) is 7.46. The van der Waals surface area contributed by atoms with E-state index in [0.717, 1.165) is 23.7 Å². The zero-order chi connectivity index (χ0) is 25.4. The van der Waals surface area contributed by atoms with Crippen molar-refractivity contribution in [3.8, 4) is 0 Å². The molecule has 1 saturated carbocycles. The smallest absolute Gasteiger partial charge is 0.410 e. The van der Waals surface area contributed by atoms with Crippen molar-refractivity contribution in [2.45, 2.75) is 96.2 Å². The standard InChI is InChI=1S/C27H35ClF2N2O3/c1-26(2,3)35-25(34)32-15-5-6-19(32)16-31-17-20(24-21(28)7-4-8-22(24)31)23(33)10-9-18-11-13-27(29,30)14-12-18/h4,7-8,17-19H,5-6,9-16H2,1-3H3. The number of likely N-dealkylation sites (tertiary alicyclic amines) is 1. The summed E-state index contributed by atoms with van der Waals surface area (Å²) in [7, 11) is 0. The lowest BCUT2D eigenvalue weighted by atomic mass is 9.83. The third kappa shape index (κ3) is 6.16. The number of amides is 1. The fourth-order valence-electron chi connectivity index (χ4n) is 5.34. The van der Waals surface area contributed by atoms with Crippen LogP contribution in [-0.2, 0) is 11.3 Å². The molecule has 5 nitrogen and oxygen atoms in total.